The summed E-state index contributed by atoms with van der Waals surface area (Å²) in [5, 5.41) is 27.5. The number of benzene rings is 3. The van der Waals surface area contributed by atoms with E-state index in [1.165, 1.54) is 7.11 Å². The van der Waals surface area contributed by atoms with Crippen molar-refractivity contribution in [1.29, 1.82) is 5.26 Å². The number of amidine groups is 1. The predicted molar refractivity (Wildman–Crippen MR) is 163 cm³/mol. The van der Waals surface area contributed by atoms with Crippen LogP contribution in [0.1, 0.15) is 22.7 Å². The summed E-state index contributed by atoms with van der Waals surface area (Å²) in [5.74, 6) is 1.25. The van der Waals surface area contributed by atoms with Crippen LogP contribution < -0.4 is 10.2 Å². The molecule has 0 spiro atoms. The Bertz CT molecular complexity index is 1480. The van der Waals surface area contributed by atoms with Crippen LogP contribution in [0.15, 0.2) is 77.8 Å². The van der Waals surface area contributed by atoms with Crippen LogP contribution in [0, 0.1) is 11.3 Å². The summed E-state index contributed by atoms with van der Waals surface area (Å²) in [6.45, 7) is 2.52. The SMILES string of the molecule is CONC(=O)CN1CCN(C(=O)N2C(c3ccc(CC#N)cc3OC)=NC[C@H]2c2ccc(O)cc2)CC1.Oc1ccccc1. The lowest BCUT2D eigenvalue weighted by atomic mass is 10.0. The molecule has 12 nitrogen and oxygen atoms in total. The average Bonchev–Trinajstić information content (AvgIpc) is 3.47. The zero-order valence-electron chi connectivity index (χ0n) is 24.7. The number of methoxy groups -OCH3 is 1. The van der Waals surface area contributed by atoms with Crippen molar-refractivity contribution in [2.45, 2.75) is 12.5 Å². The molecule has 3 N–H and O–H groups in total. The van der Waals surface area contributed by atoms with E-state index < -0.39 is 0 Å². The second-order valence-electron chi connectivity index (χ2n) is 10.1. The number of rotatable bonds is 7. The van der Waals surface area contributed by atoms with Gasteiger partial charge in [-0.25, -0.2) is 10.3 Å². The minimum absolute atomic E-state index is 0.143. The number of hydrogen-bond acceptors (Lipinski definition) is 9. The molecule has 0 aromatic heterocycles. The lowest BCUT2D eigenvalue weighted by Gasteiger charge is -2.38. The molecule has 1 saturated heterocycles. The largest absolute Gasteiger partial charge is 0.508 e. The highest BCUT2D eigenvalue weighted by atomic mass is 16.6. The highest BCUT2D eigenvalue weighted by Crippen LogP contribution is 2.34. The summed E-state index contributed by atoms with van der Waals surface area (Å²) < 4.78 is 5.62. The van der Waals surface area contributed by atoms with Crippen molar-refractivity contribution >= 4 is 17.8 Å². The van der Waals surface area contributed by atoms with Crippen LogP contribution in [0.3, 0.4) is 0 Å². The first-order valence-corrected chi connectivity index (χ1v) is 14.1. The molecular formula is C32H36N6O6. The smallest absolute Gasteiger partial charge is 0.326 e. The van der Waals surface area contributed by atoms with Crippen molar-refractivity contribution in [3.05, 3.63) is 89.5 Å². The topological polar surface area (TPSA) is 151 Å². The molecule has 1 atom stereocenters. The molecule has 0 bridgehead atoms. The molecular weight excluding hydrogens is 564 g/mol. The number of phenolic OH excluding ortho intramolecular Hbond substituents is 2. The molecule has 5 rings (SSSR count). The van der Waals surface area contributed by atoms with E-state index >= 15 is 0 Å². The van der Waals surface area contributed by atoms with Crippen LogP contribution in [0.25, 0.3) is 0 Å². The lowest BCUT2D eigenvalue weighted by Crippen LogP contribution is -2.55. The first-order valence-electron chi connectivity index (χ1n) is 14.1. The first kappa shape index (κ1) is 31.8. The molecule has 2 aliphatic heterocycles. The van der Waals surface area contributed by atoms with Gasteiger partial charge in [0.1, 0.15) is 23.1 Å². The maximum absolute atomic E-state index is 14.0. The zero-order chi connectivity index (χ0) is 31.5. The molecule has 2 heterocycles. The summed E-state index contributed by atoms with van der Waals surface area (Å²) in [7, 11) is 2.94. The van der Waals surface area contributed by atoms with E-state index in [1.54, 1.807) is 71.5 Å². The summed E-state index contributed by atoms with van der Waals surface area (Å²) in [4.78, 5) is 40.6. The first-order chi connectivity index (χ1) is 21.3. The van der Waals surface area contributed by atoms with Crippen molar-refractivity contribution in [3.63, 3.8) is 0 Å². The van der Waals surface area contributed by atoms with E-state index in [-0.39, 0.29) is 36.7 Å². The second kappa shape index (κ2) is 15.4. The molecule has 1 fully saturated rings. The Hall–Kier alpha value is -5.12. The van der Waals surface area contributed by atoms with Crippen LogP contribution in [-0.2, 0) is 16.1 Å². The summed E-state index contributed by atoms with van der Waals surface area (Å²) in [5.41, 5.74) is 4.63. The maximum atomic E-state index is 14.0. The Balaban J connectivity index is 0.000000555. The molecule has 0 aliphatic carbocycles. The Morgan fingerprint density at radius 1 is 0.977 bits per heavy atom. The molecule has 230 valence electrons. The number of nitriles is 1. The number of nitrogens with zero attached hydrogens (tertiary/aromatic N) is 5. The third-order valence-electron chi connectivity index (χ3n) is 7.21. The van der Waals surface area contributed by atoms with E-state index in [4.69, 9.17) is 20.1 Å². The van der Waals surface area contributed by atoms with Crippen LogP contribution >= 0.6 is 0 Å². The monoisotopic (exact) mass is 600 g/mol. The Labute approximate surface area is 256 Å². The molecule has 3 aromatic rings. The number of carbonyl (C=O) groups excluding carboxylic acids is 2. The lowest BCUT2D eigenvalue weighted by molar-refractivity contribution is -0.132. The minimum atomic E-state index is -0.364. The van der Waals surface area contributed by atoms with Gasteiger partial charge < -0.3 is 19.8 Å². The van der Waals surface area contributed by atoms with Crippen LogP contribution in [0.4, 0.5) is 4.79 Å². The van der Waals surface area contributed by atoms with E-state index in [2.05, 4.69) is 16.4 Å². The van der Waals surface area contributed by atoms with Crippen LogP contribution in [0.2, 0.25) is 0 Å². The van der Waals surface area contributed by atoms with Crippen molar-refractivity contribution < 1.29 is 29.4 Å². The molecule has 3 amide bonds. The van der Waals surface area contributed by atoms with Crippen molar-refractivity contribution in [1.82, 2.24) is 20.2 Å². The van der Waals surface area contributed by atoms with Gasteiger partial charge in [-0.15, -0.1) is 0 Å². The van der Waals surface area contributed by atoms with E-state index in [0.717, 1.165) is 11.1 Å². The third-order valence-corrected chi connectivity index (χ3v) is 7.21. The van der Waals surface area contributed by atoms with Gasteiger partial charge in [-0.05, 0) is 47.5 Å². The number of nitrogens with one attached hydrogen (secondary N) is 1. The van der Waals surface area contributed by atoms with Gasteiger partial charge in [-0.1, -0.05) is 36.4 Å². The van der Waals surface area contributed by atoms with Gasteiger partial charge in [-0.3, -0.25) is 24.4 Å². The molecule has 0 unspecified atom stereocenters. The van der Waals surface area contributed by atoms with Crippen molar-refractivity contribution in [2.24, 2.45) is 4.99 Å². The van der Waals surface area contributed by atoms with Gasteiger partial charge in [0.05, 0.1) is 51.4 Å². The average molecular weight is 601 g/mol. The number of hydroxylamine groups is 1. The highest BCUT2D eigenvalue weighted by Gasteiger charge is 2.39. The Kier molecular flexibility index (Phi) is 11.1. The summed E-state index contributed by atoms with van der Waals surface area (Å²) >= 11 is 0. The van der Waals surface area contributed by atoms with Gasteiger partial charge in [0, 0.05) is 26.2 Å². The van der Waals surface area contributed by atoms with Gasteiger partial charge in [-0.2, -0.15) is 5.26 Å². The molecule has 3 aromatic carbocycles. The molecule has 12 heteroatoms. The highest BCUT2D eigenvalue weighted by molar-refractivity contribution is 6.10. The van der Waals surface area contributed by atoms with E-state index in [0.29, 0.717) is 55.6 Å². The number of aliphatic imine (C=N–C) groups is 1. The van der Waals surface area contributed by atoms with Crippen LogP contribution in [0.5, 0.6) is 17.2 Å². The van der Waals surface area contributed by atoms with Gasteiger partial charge in [0.25, 0.3) is 5.91 Å². The van der Waals surface area contributed by atoms with Crippen LogP contribution in [-0.4, -0.2) is 96.2 Å². The Morgan fingerprint density at radius 2 is 1.66 bits per heavy atom. The summed E-state index contributed by atoms with van der Waals surface area (Å²) in [6.07, 6.45) is 0.245. The molecule has 44 heavy (non-hydrogen) atoms. The summed E-state index contributed by atoms with van der Waals surface area (Å²) in [6, 6.07) is 22.5. The minimum Gasteiger partial charge on any atom is -0.508 e. The van der Waals surface area contributed by atoms with Crippen molar-refractivity contribution in [2.75, 3.05) is 53.5 Å². The second-order valence-corrected chi connectivity index (χ2v) is 10.1. The maximum Gasteiger partial charge on any atom is 0.326 e. The molecule has 2 aliphatic rings. The number of carbonyl (C=O) groups is 2. The normalized spacial score (nSPS) is 16.3. The number of urea groups is 1. The number of piperazine rings is 1. The van der Waals surface area contributed by atoms with Gasteiger partial charge in [0.15, 0.2) is 0 Å². The molecule has 0 radical (unpaired) electrons. The van der Waals surface area contributed by atoms with E-state index in [9.17, 15) is 14.7 Å². The number of hydrogen-bond donors (Lipinski definition) is 3. The van der Waals surface area contributed by atoms with E-state index in [1.807, 2.05) is 23.1 Å². The zero-order valence-corrected chi connectivity index (χ0v) is 24.7. The number of aromatic hydroxyl groups is 2. The van der Waals surface area contributed by atoms with Gasteiger partial charge in [0.2, 0.25) is 0 Å². The van der Waals surface area contributed by atoms with Crippen molar-refractivity contribution in [3.8, 4) is 23.3 Å². The predicted octanol–water partition coefficient (Wildman–Crippen LogP) is 3.08. The fourth-order valence-corrected chi connectivity index (χ4v) is 5.02. The third kappa shape index (κ3) is 8.03. The Morgan fingerprint density at radius 3 is 2.25 bits per heavy atom. The number of ether oxygens (including phenoxy) is 1. The fourth-order valence-electron chi connectivity index (χ4n) is 5.02. The number of phenols is 2. The number of para-hydroxylation sites is 1. The fraction of sp³-hybridized carbons (Fsp3) is 0.312. The number of amides is 3. The quantitative estimate of drug-likeness (QED) is 0.350. The van der Waals surface area contributed by atoms with Gasteiger partial charge >= 0.3 is 6.03 Å². The molecule has 0 saturated carbocycles. The standard InChI is InChI=1S/C26H30N6O5.C6H6O/c1-36-23-15-18(9-10-27)3-8-21(23)25-28-16-22(19-4-6-20(33)7-5-19)32(25)26(35)31-13-11-30(12-14-31)17-24(34)29-37-2;7-6-4-2-1-3-5-6/h3-8,15,22,33H,9,11-14,16-17H2,1-2H3,(H,29,34);1-5,7H/t22-;/m0./s1.